The molecule has 0 spiro atoms. The van der Waals surface area contributed by atoms with E-state index in [9.17, 15) is 4.79 Å². The van der Waals surface area contributed by atoms with E-state index in [1.807, 2.05) is 0 Å². The fraction of sp³-hybridized carbons (Fsp3) is 0.933. The van der Waals surface area contributed by atoms with Crippen LogP contribution in [0.25, 0.3) is 0 Å². The Bertz CT molecular complexity index is 255. The van der Waals surface area contributed by atoms with E-state index in [1.54, 1.807) is 0 Å². The minimum atomic E-state index is 0.252. The molecule has 0 radical (unpaired) electrons. The SMILES string of the molecule is CC(NC(=O)CCC1CCCC1)C1CCCCN1. The van der Waals surface area contributed by atoms with Gasteiger partial charge in [-0.2, -0.15) is 0 Å². The fourth-order valence-electron chi connectivity index (χ4n) is 3.37. The molecule has 18 heavy (non-hydrogen) atoms. The van der Waals surface area contributed by atoms with Crippen LogP contribution in [-0.2, 0) is 4.79 Å². The van der Waals surface area contributed by atoms with E-state index in [-0.39, 0.29) is 11.9 Å². The van der Waals surface area contributed by atoms with E-state index in [0.29, 0.717) is 6.04 Å². The van der Waals surface area contributed by atoms with Crippen LogP contribution in [-0.4, -0.2) is 24.5 Å². The van der Waals surface area contributed by atoms with Crippen molar-refractivity contribution in [1.29, 1.82) is 0 Å². The molecule has 2 aliphatic rings. The Morgan fingerprint density at radius 1 is 1.22 bits per heavy atom. The van der Waals surface area contributed by atoms with E-state index in [0.717, 1.165) is 25.3 Å². The number of hydrogen-bond donors (Lipinski definition) is 2. The number of piperidine rings is 1. The maximum Gasteiger partial charge on any atom is 0.220 e. The van der Waals surface area contributed by atoms with Crippen LogP contribution < -0.4 is 10.6 Å². The molecule has 1 heterocycles. The number of carbonyl (C=O) groups is 1. The molecule has 1 saturated heterocycles. The van der Waals surface area contributed by atoms with Crippen LogP contribution >= 0.6 is 0 Å². The Balaban J connectivity index is 1.62. The van der Waals surface area contributed by atoms with Crippen LogP contribution in [0, 0.1) is 5.92 Å². The summed E-state index contributed by atoms with van der Waals surface area (Å²) in [7, 11) is 0. The van der Waals surface area contributed by atoms with E-state index in [2.05, 4.69) is 17.6 Å². The smallest absolute Gasteiger partial charge is 0.220 e. The zero-order chi connectivity index (χ0) is 12.8. The summed E-state index contributed by atoms with van der Waals surface area (Å²) < 4.78 is 0. The van der Waals surface area contributed by atoms with Crippen LogP contribution in [0.3, 0.4) is 0 Å². The normalized spacial score (nSPS) is 27.1. The lowest BCUT2D eigenvalue weighted by atomic mass is 9.98. The summed E-state index contributed by atoms with van der Waals surface area (Å²) in [4.78, 5) is 11.9. The van der Waals surface area contributed by atoms with Gasteiger partial charge in [-0.25, -0.2) is 0 Å². The largest absolute Gasteiger partial charge is 0.352 e. The molecular weight excluding hydrogens is 224 g/mol. The lowest BCUT2D eigenvalue weighted by Crippen LogP contribution is -2.50. The summed E-state index contributed by atoms with van der Waals surface area (Å²) in [6, 6.07) is 0.760. The molecule has 1 aliphatic carbocycles. The highest BCUT2D eigenvalue weighted by Gasteiger charge is 2.21. The Kier molecular flexibility index (Phi) is 5.48. The predicted molar refractivity (Wildman–Crippen MR) is 74.4 cm³/mol. The van der Waals surface area contributed by atoms with Gasteiger partial charge in [-0.15, -0.1) is 0 Å². The van der Waals surface area contributed by atoms with Gasteiger partial charge in [0.1, 0.15) is 0 Å². The maximum absolute atomic E-state index is 11.9. The van der Waals surface area contributed by atoms with Gasteiger partial charge in [0.2, 0.25) is 5.91 Å². The molecule has 2 unspecified atom stereocenters. The van der Waals surface area contributed by atoms with Gasteiger partial charge in [-0.3, -0.25) is 4.79 Å². The molecule has 0 aromatic heterocycles. The Labute approximate surface area is 111 Å². The second-order valence-corrected chi connectivity index (χ2v) is 6.10. The molecule has 2 rings (SSSR count). The highest BCUT2D eigenvalue weighted by molar-refractivity contribution is 5.76. The van der Waals surface area contributed by atoms with Crippen LogP contribution in [0.15, 0.2) is 0 Å². The van der Waals surface area contributed by atoms with Crippen molar-refractivity contribution in [3.8, 4) is 0 Å². The lowest BCUT2D eigenvalue weighted by Gasteiger charge is -2.29. The van der Waals surface area contributed by atoms with E-state index in [4.69, 9.17) is 0 Å². The van der Waals surface area contributed by atoms with E-state index < -0.39 is 0 Å². The first-order valence-electron chi connectivity index (χ1n) is 7.78. The van der Waals surface area contributed by atoms with Crippen LogP contribution in [0.2, 0.25) is 0 Å². The quantitative estimate of drug-likeness (QED) is 0.789. The minimum absolute atomic E-state index is 0.252. The average Bonchev–Trinajstić information content (AvgIpc) is 2.90. The average molecular weight is 252 g/mol. The Morgan fingerprint density at radius 3 is 2.61 bits per heavy atom. The fourth-order valence-corrected chi connectivity index (χ4v) is 3.37. The summed E-state index contributed by atoms with van der Waals surface area (Å²) in [5.74, 6) is 1.07. The molecule has 0 aromatic rings. The Hall–Kier alpha value is -0.570. The first-order valence-corrected chi connectivity index (χ1v) is 7.78. The van der Waals surface area contributed by atoms with Gasteiger partial charge in [0.05, 0.1) is 0 Å². The summed E-state index contributed by atoms with van der Waals surface area (Å²) >= 11 is 0. The number of carbonyl (C=O) groups excluding carboxylic acids is 1. The molecule has 2 fully saturated rings. The molecule has 0 aromatic carbocycles. The van der Waals surface area contributed by atoms with Crippen molar-refractivity contribution in [3.63, 3.8) is 0 Å². The third kappa shape index (κ3) is 4.27. The molecule has 2 N–H and O–H groups in total. The van der Waals surface area contributed by atoms with Crippen molar-refractivity contribution in [2.45, 2.75) is 76.8 Å². The molecule has 1 aliphatic heterocycles. The van der Waals surface area contributed by atoms with Gasteiger partial charge in [0.25, 0.3) is 0 Å². The molecule has 0 bridgehead atoms. The highest BCUT2D eigenvalue weighted by atomic mass is 16.1. The monoisotopic (exact) mass is 252 g/mol. The highest BCUT2D eigenvalue weighted by Crippen LogP contribution is 2.28. The molecule has 3 heteroatoms. The second kappa shape index (κ2) is 7.13. The number of amides is 1. The summed E-state index contributed by atoms with van der Waals surface area (Å²) in [5.41, 5.74) is 0. The molecular formula is C15H28N2O. The van der Waals surface area contributed by atoms with E-state index >= 15 is 0 Å². The number of rotatable bonds is 5. The summed E-state index contributed by atoms with van der Waals surface area (Å²) in [5, 5.41) is 6.68. The van der Waals surface area contributed by atoms with Crippen molar-refractivity contribution in [2.75, 3.05) is 6.54 Å². The second-order valence-electron chi connectivity index (χ2n) is 6.10. The predicted octanol–water partition coefficient (Wildman–Crippen LogP) is 2.60. The maximum atomic E-state index is 11.9. The van der Waals surface area contributed by atoms with Crippen molar-refractivity contribution in [3.05, 3.63) is 0 Å². The first kappa shape index (κ1) is 13.9. The summed E-state index contributed by atoms with van der Waals surface area (Å²) in [6.45, 7) is 3.24. The first-order chi connectivity index (χ1) is 8.75. The van der Waals surface area contributed by atoms with Crippen LogP contribution in [0.5, 0.6) is 0 Å². The molecule has 104 valence electrons. The van der Waals surface area contributed by atoms with Gasteiger partial charge in [0, 0.05) is 18.5 Å². The minimum Gasteiger partial charge on any atom is -0.352 e. The van der Waals surface area contributed by atoms with Crippen molar-refractivity contribution in [1.82, 2.24) is 10.6 Å². The zero-order valence-electron chi connectivity index (χ0n) is 11.7. The molecule has 3 nitrogen and oxygen atoms in total. The molecule has 2 atom stereocenters. The standard InChI is InChI=1S/C15H28N2O/c1-12(14-8-4-5-11-16-14)17-15(18)10-9-13-6-2-3-7-13/h12-14,16H,2-11H2,1H3,(H,17,18). The van der Waals surface area contributed by atoms with Crippen molar-refractivity contribution >= 4 is 5.91 Å². The van der Waals surface area contributed by atoms with Crippen LogP contribution in [0.4, 0.5) is 0 Å². The van der Waals surface area contributed by atoms with Gasteiger partial charge in [0.15, 0.2) is 0 Å². The van der Waals surface area contributed by atoms with Gasteiger partial charge >= 0.3 is 0 Å². The van der Waals surface area contributed by atoms with Crippen LogP contribution in [0.1, 0.15) is 64.7 Å². The van der Waals surface area contributed by atoms with Gasteiger partial charge in [-0.05, 0) is 38.6 Å². The lowest BCUT2D eigenvalue weighted by molar-refractivity contribution is -0.122. The van der Waals surface area contributed by atoms with E-state index in [1.165, 1.54) is 44.9 Å². The van der Waals surface area contributed by atoms with Crippen molar-refractivity contribution in [2.24, 2.45) is 5.92 Å². The molecule has 1 saturated carbocycles. The van der Waals surface area contributed by atoms with Gasteiger partial charge < -0.3 is 10.6 Å². The third-order valence-corrected chi connectivity index (χ3v) is 4.60. The third-order valence-electron chi connectivity index (χ3n) is 4.60. The zero-order valence-corrected chi connectivity index (χ0v) is 11.7. The number of hydrogen-bond acceptors (Lipinski definition) is 2. The molecule has 1 amide bonds. The van der Waals surface area contributed by atoms with Gasteiger partial charge in [-0.1, -0.05) is 32.1 Å². The number of nitrogens with one attached hydrogen (secondary N) is 2. The summed E-state index contributed by atoms with van der Waals surface area (Å²) in [6.07, 6.45) is 11.0. The topological polar surface area (TPSA) is 41.1 Å². The Morgan fingerprint density at radius 2 is 1.94 bits per heavy atom. The van der Waals surface area contributed by atoms with Crippen molar-refractivity contribution < 1.29 is 4.79 Å².